The van der Waals surface area contributed by atoms with Crippen LogP contribution in [-0.4, -0.2) is 9.67 Å². The second-order valence-corrected chi connectivity index (χ2v) is 2.29. The van der Waals surface area contributed by atoms with Gasteiger partial charge in [-0.2, -0.15) is 0 Å². The molecule has 0 spiro atoms. The fraction of sp³-hybridized carbons (Fsp3) is 0.286. The molecule has 1 aromatic rings. The molecule has 0 saturated carbocycles. The molecular weight excluding hydrogens is 130 g/mol. The Bertz CT molecular complexity index is 301. The number of aromatic nitrogens is 1. The van der Waals surface area contributed by atoms with Gasteiger partial charge in [0.2, 0.25) is 0 Å². The highest BCUT2D eigenvalue weighted by Crippen LogP contribution is 2.09. The predicted octanol–water partition coefficient (Wildman–Crippen LogP) is 0.399. The van der Waals surface area contributed by atoms with Gasteiger partial charge < -0.3 is 9.67 Å². The molecule has 0 aromatic carbocycles. The minimum atomic E-state index is -0.102. The lowest BCUT2D eigenvalue weighted by Crippen LogP contribution is -2.14. The minimum absolute atomic E-state index is 0.102. The van der Waals surface area contributed by atoms with Crippen LogP contribution in [0.4, 0.5) is 0 Å². The summed E-state index contributed by atoms with van der Waals surface area (Å²) in [6, 6.07) is 1.40. The second kappa shape index (κ2) is 2.17. The third-order valence-corrected chi connectivity index (χ3v) is 1.41. The van der Waals surface area contributed by atoms with Crippen LogP contribution in [0.3, 0.4) is 0 Å². The SMILES string of the molecule is Cc1cc(=O)n(C)cc1O. The van der Waals surface area contributed by atoms with Crippen LogP contribution in [0.1, 0.15) is 5.56 Å². The summed E-state index contributed by atoms with van der Waals surface area (Å²) < 4.78 is 1.34. The first kappa shape index (κ1) is 6.86. The van der Waals surface area contributed by atoms with Crippen LogP contribution in [0.5, 0.6) is 5.75 Å². The van der Waals surface area contributed by atoms with Crippen molar-refractivity contribution in [3.8, 4) is 5.75 Å². The summed E-state index contributed by atoms with van der Waals surface area (Å²) in [5, 5.41) is 9.06. The van der Waals surface area contributed by atoms with E-state index < -0.39 is 0 Å². The van der Waals surface area contributed by atoms with Gasteiger partial charge >= 0.3 is 0 Å². The fourth-order valence-corrected chi connectivity index (χ4v) is 0.710. The van der Waals surface area contributed by atoms with E-state index in [-0.39, 0.29) is 11.3 Å². The van der Waals surface area contributed by atoms with Crippen LogP contribution in [-0.2, 0) is 7.05 Å². The number of pyridine rings is 1. The van der Waals surface area contributed by atoms with Gasteiger partial charge in [0.1, 0.15) is 5.75 Å². The first-order valence-corrected chi connectivity index (χ1v) is 2.97. The Kier molecular flexibility index (Phi) is 1.49. The highest BCUT2D eigenvalue weighted by Gasteiger charge is 1.96. The fourth-order valence-electron chi connectivity index (χ4n) is 0.710. The number of hydrogen-bond acceptors (Lipinski definition) is 2. The van der Waals surface area contributed by atoms with Gasteiger partial charge in [-0.05, 0) is 12.5 Å². The molecule has 0 atom stereocenters. The highest BCUT2D eigenvalue weighted by atomic mass is 16.3. The third kappa shape index (κ3) is 1.03. The van der Waals surface area contributed by atoms with Crippen LogP contribution in [0.25, 0.3) is 0 Å². The van der Waals surface area contributed by atoms with E-state index in [0.717, 1.165) is 0 Å². The molecule has 0 bridgehead atoms. The summed E-state index contributed by atoms with van der Waals surface area (Å²) in [6.45, 7) is 1.69. The molecule has 0 saturated heterocycles. The Hall–Kier alpha value is -1.25. The van der Waals surface area contributed by atoms with Crippen molar-refractivity contribution in [1.29, 1.82) is 0 Å². The average Bonchev–Trinajstić information content (AvgIpc) is 1.84. The Morgan fingerprint density at radius 1 is 1.60 bits per heavy atom. The van der Waals surface area contributed by atoms with Gasteiger partial charge in [0, 0.05) is 19.3 Å². The second-order valence-electron chi connectivity index (χ2n) is 2.29. The van der Waals surface area contributed by atoms with Crippen LogP contribution in [0, 0.1) is 6.92 Å². The number of rotatable bonds is 0. The maximum absolute atomic E-state index is 10.8. The van der Waals surface area contributed by atoms with E-state index in [9.17, 15) is 4.79 Å². The monoisotopic (exact) mass is 139 g/mol. The molecular formula is C7H9NO2. The van der Waals surface area contributed by atoms with E-state index in [1.807, 2.05) is 0 Å². The van der Waals surface area contributed by atoms with E-state index >= 15 is 0 Å². The van der Waals surface area contributed by atoms with Crippen molar-refractivity contribution in [2.75, 3.05) is 0 Å². The highest BCUT2D eigenvalue weighted by molar-refractivity contribution is 5.26. The lowest BCUT2D eigenvalue weighted by molar-refractivity contribution is 0.463. The van der Waals surface area contributed by atoms with Crippen molar-refractivity contribution in [1.82, 2.24) is 4.57 Å². The number of aryl methyl sites for hydroxylation is 2. The maximum atomic E-state index is 10.8. The van der Waals surface area contributed by atoms with Crippen molar-refractivity contribution < 1.29 is 5.11 Å². The van der Waals surface area contributed by atoms with Gasteiger partial charge in [0.05, 0.1) is 0 Å². The van der Waals surface area contributed by atoms with Crippen LogP contribution < -0.4 is 5.56 Å². The molecule has 0 amide bonds. The van der Waals surface area contributed by atoms with Gasteiger partial charge in [-0.1, -0.05) is 0 Å². The summed E-state index contributed by atoms with van der Waals surface area (Å²) in [6.07, 6.45) is 1.40. The Morgan fingerprint density at radius 3 is 2.70 bits per heavy atom. The van der Waals surface area contributed by atoms with E-state index in [1.54, 1.807) is 14.0 Å². The average molecular weight is 139 g/mol. The number of nitrogens with zero attached hydrogens (tertiary/aromatic N) is 1. The topological polar surface area (TPSA) is 42.2 Å². The van der Waals surface area contributed by atoms with Crippen molar-refractivity contribution in [3.05, 3.63) is 28.2 Å². The quantitative estimate of drug-likeness (QED) is 0.565. The van der Waals surface area contributed by atoms with Gasteiger partial charge in [-0.15, -0.1) is 0 Å². The molecule has 0 radical (unpaired) electrons. The number of aromatic hydroxyl groups is 1. The number of hydrogen-bond donors (Lipinski definition) is 1. The Balaban J connectivity index is 3.43. The summed E-state index contributed by atoms with van der Waals surface area (Å²) in [4.78, 5) is 10.8. The van der Waals surface area contributed by atoms with Crippen molar-refractivity contribution in [3.63, 3.8) is 0 Å². The summed E-state index contributed by atoms with van der Waals surface area (Å²) in [5.41, 5.74) is 0.512. The standard InChI is InChI=1S/C7H9NO2/c1-5-3-7(10)8(2)4-6(5)9/h3-4,9H,1-2H3. The molecule has 1 heterocycles. The molecule has 10 heavy (non-hydrogen) atoms. The molecule has 0 aliphatic carbocycles. The molecule has 1 aromatic heterocycles. The first-order valence-electron chi connectivity index (χ1n) is 2.97. The van der Waals surface area contributed by atoms with E-state index in [0.29, 0.717) is 5.56 Å². The van der Waals surface area contributed by atoms with Crippen LogP contribution in [0.15, 0.2) is 17.1 Å². The lowest BCUT2D eigenvalue weighted by Gasteiger charge is -1.99. The molecule has 0 aliphatic rings. The lowest BCUT2D eigenvalue weighted by atomic mass is 10.3. The molecule has 3 nitrogen and oxygen atoms in total. The van der Waals surface area contributed by atoms with E-state index in [1.165, 1.54) is 16.8 Å². The van der Waals surface area contributed by atoms with Crippen molar-refractivity contribution in [2.24, 2.45) is 7.05 Å². The van der Waals surface area contributed by atoms with Crippen molar-refractivity contribution >= 4 is 0 Å². The smallest absolute Gasteiger partial charge is 0.250 e. The summed E-state index contributed by atoms with van der Waals surface area (Å²) >= 11 is 0. The maximum Gasteiger partial charge on any atom is 0.250 e. The summed E-state index contributed by atoms with van der Waals surface area (Å²) in [7, 11) is 1.60. The first-order chi connectivity index (χ1) is 4.61. The van der Waals surface area contributed by atoms with Gasteiger partial charge in [0.15, 0.2) is 0 Å². The van der Waals surface area contributed by atoms with Crippen LogP contribution in [0.2, 0.25) is 0 Å². The molecule has 1 N–H and O–H groups in total. The molecule has 0 fully saturated rings. The van der Waals surface area contributed by atoms with Gasteiger partial charge in [-0.25, -0.2) is 0 Å². The zero-order valence-electron chi connectivity index (χ0n) is 5.96. The Labute approximate surface area is 58.5 Å². The molecule has 54 valence electrons. The summed E-state index contributed by atoms with van der Waals surface area (Å²) in [5.74, 6) is 0.155. The zero-order chi connectivity index (χ0) is 7.72. The van der Waals surface area contributed by atoms with Crippen LogP contribution >= 0.6 is 0 Å². The van der Waals surface area contributed by atoms with E-state index in [2.05, 4.69) is 0 Å². The molecule has 3 heteroatoms. The normalized spacial score (nSPS) is 9.80. The molecule has 1 rings (SSSR count). The predicted molar refractivity (Wildman–Crippen MR) is 38.1 cm³/mol. The molecule has 0 unspecified atom stereocenters. The van der Waals surface area contributed by atoms with Gasteiger partial charge in [-0.3, -0.25) is 4.79 Å². The van der Waals surface area contributed by atoms with Gasteiger partial charge in [0.25, 0.3) is 5.56 Å². The third-order valence-electron chi connectivity index (χ3n) is 1.41. The minimum Gasteiger partial charge on any atom is -0.506 e. The largest absolute Gasteiger partial charge is 0.506 e. The van der Waals surface area contributed by atoms with Crippen molar-refractivity contribution in [2.45, 2.75) is 6.92 Å². The zero-order valence-corrected chi connectivity index (χ0v) is 5.96. The molecule has 0 aliphatic heterocycles. The Morgan fingerprint density at radius 2 is 2.20 bits per heavy atom. The van der Waals surface area contributed by atoms with E-state index in [4.69, 9.17) is 5.11 Å².